The predicted octanol–water partition coefficient (Wildman–Crippen LogP) is 6.05. The quantitative estimate of drug-likeness (QED) is 0.159. The third-order valence-corrected chi connectivity index (χ3v) is 5.15. The van der Waals surface area contributed by atoms with E-state index in [4.69, 9.17) is 11.5 Å². The number of nitrogens with zero attached hydrogens (tertiary/aromatic N) is 2. The zero-order valence-electron chi connectivity index (χ0n) is 21.7. The first-order chi connectivity index (χ1) is 19.4. The molecule has 4 aromatic rings. The molecule has 1 amide bonds. The van der Waals surface area contributed by atoms with Crippen LogP contribution in [0.25, 0.3) is 0 Å². The maximum atomic E-state index is 13.5. The van der Waals surface area contributed by atoms with Gasteiger partial charge < -0.3 is 21.1 Å². The van der Waals surface area contributed by atoms with Crippen molar-refractivity contribution in [3.05, 3.63) is 107 Å². The summed E-state index contributed by atoms with van der Waals surface area (Å²) >= 11 is 0. The highest BCUT2D eigenvalue weighted by Crippen LogP contribution is 2.22. The van der Waals surface area contributed by atoms with E-state index in [1.165, 1.54) is 36.4 Å². The van der Waals surface area contributed by atoms with Gasteiger partial charge in [-0.05, 0) is 62.4 Å². The van der Waals surface area contributed by atoms with Crippen LogP contribution in [0.4, 0.5) is 40.6 Å². The van der Waals surface area contributed by atoms with Crippen molar-refractivity contribution in [2.24, 2.45) is 0 Å². The SMILES string of the molecule is C#CC(C)(C)NC(=O)c1cc(F)cnc1Nc1cccc(F)c1.O=C(O)c1cc(F)cnc1Nc1cccc(F)c1. The van der Waals surface area contributed by atoms with Gasteiger partial charge >= 0.3 is 5.97 Å². The molecule has 0 saturated heterocycles. The van der Waals surface area contributed by atoms with Gasteiger partial charge in [-0.3, -0.25) is 4.79 Å². The van der Waals surface area contributed by atoms with Crippen molar-refractivity contribution in [2.75, 3.05) is 10.6 Å². The van der Waals surface area contributed by atoms with E-state index < -0.39 is 40.7 Å². The molecule has 0 unspecified atom stereocenters. The topological polar surface area (TPSA) is 116 Å². The Hall–Kier alpha value is -5.44. The number of carboxylic acids is 1. The number of nitrogens with one attached hydrogen (secondary N) is 3. The van der Waals surface area contributed by atoms with Gasteiger partial charge in [0.15, 0.2) is 0 Å². The summed E-state index contributed by atoms with van der Waals surface area (Å²) in [6.07, 6.45) is 7.18. The minimum absolute atomic E-state index is 0.0300. The molecule has 0 aliphatic rings. The summed E-state index contributed by atoms with van der Waals surface area (Å²) in [6, 6.07) is 12.9. The number of carbonyl (C=O) groups excluding carboxylic acids is 1. The van der Waals surface area contributed by atoms with E-state index in [9.17, 15) is 27.2 Å². The molecule has 0 aliphatic heterocycles. The summed E-state index contributed by atoms with van der Waals surface area (Å²) in [5.41, 5.74) is -0.540. The fraction of sp³-hybridized carbons (Fsp3) is 0.103. The first-order valence-electron chi connectivity index (χ1n) is 11.8. The molecular formula is C29H23F4N5O3. The molecule has 0 aliphatic carbocycles. The number of anilines is 4. The first kappa shape index (κ1) is 30.1. The third-order valence-electron chi connectivity index (χ3n) is 5.15. The molecular weight excluding hydrogens is 542 g/mol. The number of halogens is 4. The van der Waals surface area contributed by atoms with E-state index in [-0.39, 0.29) is 22.8 Å². The molecule has 0 spiro atoms. The lowest BCUT2D eigenvalue weighted by atomic mass is 10.1. The standard InChI is InChI=1S/C17H15F2N3O.C12H8F2N2O2/c1-4-17(2,3)22-16(23)14-9-12(19)10-20-15(14)21-13-7-5-6-11(18)8-13;13-7-2-1-3-9(4-7)16-11-10(12(17)18)5-8(14)6-15-11/h1,5-10H,2-3H3,(H,20,21)(H,22,23);1-6H,(H,15,16)(H,17,18). The van der Waals surface area contributed by atoms with Crippen LogP contribution in [0.5, 0.6) is 0 Å². The monoisotopic (exact) mass is 565 g/mol. The number of hydrogen-bond donors (Lipinski definition) is 4. The Kier molecular flexibility index (Phi) is 9.60. The van der Waals surface area contributed by atoms with Crippen LogP contribution < -0.4 is 16.0 Å². The number of benzene rings is 2. The molecule has 0 bridgehead atoms. The number of hydrogen-bond acceptors (Lipinski definition) is 6. The smallest absolute Gasteiger partial charge is 0.339 e. The molecule has 8 nitrogen and oxygen atoms in total. The predicted molar refractivity (Wildman–Crippen MR) is 145 cm³/mol. The number of carbonyl (C=O) groups is 2. The van der Waals surface area contributed by atoms with E-state index in [0.29, 0.717) is 11.4 Å². The van der Waals surface area contributed by atoms with Gasteiger partial charge in [-0.2, -0.15) is 0 Å². The maximum absolute atomic E-state index is 13.5. The van der Waals surface area contributed by atoms with Crippen LogP contribution in [0.2, 0.25) is 0 Å². The van der Waals surface area contributed by atoms with Gasteiger partial charge in [0.25, 0.3) is 5.91 Å². The lowest BCUT2D eigenvalue weighted by Crippen LogP contribution is -2.42. The summed E-state index contributed by atoms with van der Waals surface area (Å²) < 4.78 is 52.5. The molecule has 12 heteroatoms. The molecule has 0 atom stereocenters. The Labute approximate surface area is 232 Å². The highest BCUT2D eigenvalue weighted by molar-refractivity contribution is 6.00. The van der Waals surface area contributed by atoms with Gasteiger partial charge in [0, 0.05) is 11.4 Å². The van der Waals surface area contributed by atoms with Crippen LogP contribution in [0.1, 0.15) is 34.6 Å². The first-order valence-corrected chi connectivity index (χ1v) is 11.8. The molecule has 2 aromatic heterocycles. The lowest BCUT2D eigenvalue weighted by molar-refractivity contribution is 0.0696. The molecule has 0 saturated carbocycles. The minimum Gasteiger partial charge on any atom is -0.478 e. The molecule has 41 heavy (non-hydrogen) atoms. The Morgan fingerprint density at radius 2 is 1.24 bits per heavy atom. The molecule has 2 aromatic carbocycles. The van der Waals surface area contributed by atoms with Gasteiger partial charge in [0.2, 0.25) is 0 Å². The van der Waals surface area contributed by atoms with Crippen molar-refractivity contribution >= 4 is 34.9 Å². The number of carboxylic acid groups (broad SMARTS) is 1. The van der Waals surface area contributed by atoms with Crippen LogP contribution in [0.3, 0.4) is 0 Å². The number of pyridine rings is 2. The average Bonchev–Trinajstić information content (AvgIpc) is 2.91. The summed E-state index contributed by atoms with van der Waals surface area (Å²) in [4.78, 5) is 30.7. The van der Waals surface area contributed by atoms with Crippen molar-refractivity contribution in [3.8, 4) is 12.3 Å². The van der Waals surface area contributed by atoms with Crippen LogP contribution in [-0.4, -0.2) is 32.5 Å². The Morgan fingerprint density at radius 1 is 0.780 bits per heavy atom. The second kappa shape index (κ2) is 13.1. The van der Waals surface area contributed by atoms with Crippen LogP contribution in [-0.2, 0) is 0 Å². The van der Waals surface area contributed by atoms with Crippen molar-refractivity contribution in [3.63, 3.8) is 0 Å². The zero-order valence-corrected chi connectivity index (χ0v) is 21.7. The molecule has 0 radical (unpaired) electrons. The largest absolute Gasteiger partial charge is 0.478 e. The molecule has 4 N–H and O–H groups in total. The normalized spacial score (nSPS) is 10.5. The molecule has 4 rings (SSSR count). The van der Waals surface area contributed by atoms with Crippen molar-refractivity contribution in [1.82, 2.24) is 15.3 Å². The van der Waals surface area contributed by atoms with Crippen LogP contribution >= 0.6 is 0 Å². The van der Waals surface area contributed by atoms with E-state index in [1.54, 1.807) is 26.0 Å². The lowest BCUT2D eigenvalue weighted by Gasteiger charge is -2.20. The van der Waals surface area contributed by atoms with Gasteiger partial charge in [-0.25, -0.2) is 32.3 Å². The highest BCUT2D eigenvalue weighted by atomic mass is 19.1. The number of terminal acetylenes is 1. The van der Waals surface area contributed by atoms with E-state index in [1.807, 2.05) is 0 Å². The van der Waals surface area contributed by atoms with Crippen LogP contribution in [0.15, 0.2) is 73.1 Å². The maximum Gasteiger partial charge on any atom is 0.339 e. The number of rotatable bonds is 7. The fourth-order valence-electron chi connectivity index (χ4n) is 3.21. The second-order valence-electron chi connectivity index (χ2n) is 8.90. The Balaban J connectivity index is 0.000000232. The van der Waals surface area contributed by atoms with Gasteiger partial charge in [-0.1, -0.05) is 18.1 Å². The minimum atomic E-state index is -1.32. The highest BCUT2D eigenvalue weighted by Gasteiger charge is 2.22. The number of amides is 1. The summed E-state index contributed by atoms with van der Waals surface area (Å²) in [6.45, 7) is 3.27. The number of aromatic nitrogens is 2. The van der Waals surface area contributed by atoms with E-state index in [0.717, 1.165) is 24.5 Å². The van der Waals surface area contributed by atoms with E-state index in [2.05, 4.69) is 31.8 Å². The summed E-state index contributed by atoms with van der Waals surface area (Å²) in [5.74, 6) is -1.77. The van der Waals surface area contributed by atoms with Gasteiger partial charge in [0.05, 0.1) is 23.5 Å². The summed E-state index contributed by atoms with van der Waals surface area (Å²) in [7, 11) is 0. The third kappa shape index (κ3) is 8.79. The van der Waals surface area contributed by atoms with Gasteiger partial charge in [0.1, 0.15) is 40.5 Å². The molecule has 210 valence electrons. The number of aromatic carboxylic acids is 1. The average molecular weight is 566 g/mol. The fourth-order valence-corrected chi connectivity index (χ4v) is 3.21. The second-order valence-corrected chi connectivity index (χ2v) is 8.90. The summed E-state index contributed by atoms with van der Waals surface area (Å²) in [5, 5.41) is 16.9. The zero-order chi connectivity index (χ0) is 30.2. The Morgan fingerprint density at radius 3 is 1.68 bits per heavy atom. The molecule has 0 fully saturated rings. The Bertz CT molecular complexity index is 1620. The van der Waals surface area contributed by atoms with Crippen molar-refractivity contribution in [1.29, 1.82) is 0 Å². The van der Waals surface area contributed by atoms with E-state index >= 15 is 0 Å². The van der Waals surface area contributed by atoms with Gasteiger partial charge in [-0.15, -0.1) is 6.42 Å². The van der Waals surface area contributed by atoms with Crippen molar-refractivity contribution in [2.45, 2.75) is 19.4 Å². The molecule has 2 heterocycles. The van der Waals surface area contributed by atoms with Crippen LogP contribution in [0, 0.1) is 35.6 Å². The van der Waals surface area contributed by atoms with Crippen molar-refractivity contribution < 1.29 is 32.3 Å².